The summed E-state index contributed by atoms with van der Waals surface area (Å²) in [6, 6.07) is 3.86. The van der Waals surface area contributed by atoms with Gasteiger partial charge in [-0.15, -0.1) is 0 Å². The minimum Gasteiger partial charge on any atom is -0.477 e. The molecule has 2 atom stereocenters. The van der Waals surface area contributed by atoms with Gasteiger partial charge in [0.15, 0.2) is 0 Å². The Hall–Kier alpha value is -1.66. The van der Waals surface area contributed by atoms with E-state index in [4.69, 9.17) is 9.47 Å². The maximum atomic E-state index is 12.5. The highest BCUT2D eigenvalue weighted by molar-refractivity contribution is 5.96. The molecule has 6 nitrogen and oxygen atoms in total. The van der Waals surface area contributed by atoms with Gasteiger partial charge in [-0.1, -0.05) is 0 Å². The van der Waals surface area contributed by atoms with Gasteiger partial charge in [0.2, 0.25) is 5.88 Å². The number of likely N-dealkylation sites (tertiary alicyclic amines) is 1. The molecular formula is C16H25N3O3. The van der Waals surface area contributed by atoms with Crippen LogP contribution in [0.25, 0.3) is 0 Å². The standard InChI is InChI=1S/C16H25N3O3/c1-5-22-16-12(7-6-8-17-16)15(20)18-13-9-19(11(2)3)10-14(13)21-4/h6-8,11,13-14H,5,9-10H2,1-4H3,(H,18,20). The molecular weight excluding hydrogens is 282 g/mol. The van der Waals surface area contributed by atoms with E-state index in [0.717, 1.165) is 13.1 Å². The Bertz CT molecular complexity index is 507. The van der Waals surface area contributed by atoms with Crippen LogP contribution in [-0.4, -0.2) is 60.8 Å². The summed E-state index contributed by atoms with van der Waals surface area (Å²) in [6.45, 7) is 8.24. The summed E-state index contributed by atoms with van der Waals surface area (Å²) >= 11 is 0. The molecule has 0 bridgehead atoms. The average Bonchev–Trinajstić information content (AvgIpc) is 2.91. The number of carbonyl (C=O) groups is 1. The average molecular weight is 307 g/mol. The fourth-order valence-electron chi connectivity index (χ4n) is 2.66. The zero-order valence-corrected chi connectivity index (χ0v) is 13.7. The lowest BCUT2D eigenvalue weighted by Crippen LogP contribution is -2.43. The Morgan fingerprint density at radius 3 is 2.91 bits per heavy atom. The van der Waals surface area contributed by atoms with Crippen LogP contribution in [0.15, 0.2) is 18.3 Å². The lowest BCUT2D eigenvalue weighted by molar-refractivity contribution is 0.0750. The number of rotatable bonds is 6. The van der Waals surface area contributed by atoms with Crippen molar-refractivity contribution >= 4 is 5.91 Å². The predicted octanol–water partition coefficient (Wildman–Crippen LogP) is 1.32. The highest BCUT2D eigenvalue weighted by Crippen LogP contribution is 2.18. The lowest BCUT2D eigenvalue weighted by Gasteiger charge is -2.20. The van der Waals surface area contributed by atoms with Crippen LogP contribution in [0.1, 0.15) is 31.1 Å². The van der Waals surface area contributed by atoms with E-state index < -0.39 is 0 Å². The normalized spacial score (nSPS) is 22.0. The number of hydrogen-bond donors (Lipinski definition) is 1. The molecule has 2 rings (SSSR count). The van der Waals surface area contributed by atoms with Gasteiger partial charge in [0.05, 0.1) is 18.8 Å². The molecule has 122 valence electrons. The molecule has 0 spiro atoms. The molecule has 1 amide bonds. The molecule has 0 radical (unpaired) electrons. The fraction of sp³-hybridized carbons (Fsp3) is 0.625. The van der Waals surface area contributed by atoms with Crippen LogP contribution < -0.4 is 10.1 Å². The Morgan fingerprint density at radius 1 is 1.50 bits per heavy atom. The number of methoxy groups -OCH3 is 1. The van der Waals surface area contributed by atoms with Crippen molar-refractivity contribution in [2.45, 2.75) is 39.0 Å². The number of amides is 1. The summed E-state index contributed by atoms with van der Waals surface area (Å²) in [4.78, 5) is 18.9. The first-order valence-electron chi connectivity index (χ1n) is 7.72. The van der Waals surface area contributed by atoms with E-state index >= 15 is 0 Å². The smallest absolute Gasteiger partial charge is 0.257 e. The third-order valence-corrected chi connectivity index (χ3v) is 3.94. The third-order valence-electron chi connectivity index (χ3n) is 3.94. The first kappa shape index (κ1) is 16.7. The van der Waals surface area contributed by atoms with Crippen molar-refractivity contribution in [1.29, 1.82) is 0 Å². The molecule has 1 aromatic rings. The highest BCUT2D eigenvalue weighted by atomic mass is 16.5. The predicted molar refractivity (Wildman–Crippen MR) is 84.2 cm³/mol. The van der Waals surface area contributed by atoms with Crippen molar-refractivity contribution in [3.8, 4) is 5.88 Å². The Balaban J connectivity index is 2.08. The van der Waals surface area contributed by atoms with Crippen LogP contribution in [0.2, 0.25) is 0 Å². The van der Waals surface area contributed by atoms with E-state index in [1.54, 1.807) is 25.4 Å². The van der Waals surface area contributed by atoms with Gasteiger partial charge < -0.3 is 14.8 Å². The fourth-order valence-corrected chi connectivity index (χ4v) is 2.66. The molecule has 1 aliphatic heterocycles. The van der Waals surface area contributed by atoms with E-state index in [1.807, 2.05) is 6.92 Å². The van der Waals surface area contributed by atoms with Gasteiger partial charge in [0, 0.05) is 32.4 Å². The molecule has 1 saturated heterocycles. The number of nitrogens with one attached hydrogen (secondary N) is 1. The second-order valence-corrected chi connectivity index (χ2v) is 5.69. The number of carbonyl (C=O) groups excluding carboxylic acids is 1. The van der Waals surface area contributed by atoms with Gasteiger partial charge in [-0.25, -0.2) is 4.98 Å². The maximum Gasteiger partial charge on any atom is 0.257 e. The summed E-state index contributed by atoms with van der Waals surface area (Å²) < 4.78 is 10.9. The number of pyridine rings is 1. The van der Waals surface area contributed by atoms with Gasteiger partial charge in [0.1, 0.15) is 5.56 Å². The minimum absolute atomic E-state index is 0.00133. The highest BCUT2D eigenvalue weighted by Gasteiger charge is 2.35. The van der Waals surface area contributed by atoms with Crippen LogP contribution in [0.5, 0.6) is 5.88 Å². The summed E-state index contributed by atoms with van der Waals surface area (Å²) in [5.41, 5.74) is 0.460. The molecule has 1 fully saturated rings. The lowest BCUT2D eigenvalue weighted by atomic mass is 10.2. The quantitative estimate of drug-likeness (QED) is 0.859. The van der Waals surface area contributed by atoms with Gasteiger partial charge in [-0.3, -0.25) is 9.69 Å². The van der Waals surface area contributed by atoms with Crippen molar-refractivity contribution in [3.63, 3.8) is 0 Å². The van der Waals surface area contributed by atoms with Crippen LogP contribution >= 0.6 is 0 Å². The summed E-state index contributed by atoms with van der Waals surface area (Å²) in [7, 11) is 1.68. The van der Waals surface area contributed by atoms with Crippen molar-refractivity contribution in [2.24, 2.45) is 0 Å². The second-order valence-electron chi connectivity index (χ2n) is 5.69. The monoisotopic (exact) mass is 307 g/mol. The SMILES string of the molecule is CCOc1ncccc1C(=O)NC1CN(C(C)C)CC1OC. The molecule has 22 heavy (non-hydrogen) atoms. The topological polar surface area (TPSA) is 63.7 Å². The molecule has 0 aliphatic carbocycles. The zero-order chi connectivity index (χ0) is 16.1. The molecule has 0 saturated carbocycles. The van der Waals surface area contributed by atoms with Crippen molar-refractivity contribution < 1.29 is 14.3 Å². The van der Waals surface area contributed by atoms with Gasteiger partial charge in [-0.05, 0) is 32.9 Å². The molecule has 2 unspecified atom stereocenters. The second kappa shape index (κ2) is 7.56. The first-order valence-corrected chi connectivity index (χ1v) is 7.72. The van der Waals surface area contributed by atoms with Crippen molar-refractivity contribution in [3.05, 3.63) is 23.9 Å². The van der Waals surface area contributed by atoms with Crippen LogP contribution in [-0.2, 0) is 4.74 Å². The number of aromatic nitrogens is 1. The largest absolute Gasteiger partial charge is 0.477 e. The van der Waals surface area contributed by atoms with E-state index in [0.29, 0.717) is 24.1 Å². The summed E-state index contributed by atoms with van der Waals surface area (Å²) in [5, 5.41) is 3.05. The number of ether oxygens (including phenoxy) is 2. The van der Waals surface area contributed by atoms with Crippen LogP contribution in [0.4, 0.5) is 0 Å². The van der Waals surface area contributed by atoms with E-state index in [-0.39, 0.29) is 18.1 Å². The minimum atomic E-state index is -0.172. The van der Waals surface area contributed by atoms with Gasteiger partial charge in [-0.2, -0.15) is 0 Å². The van der Waals surface area contributed by atoms with Crippen LogP contribution in [0, 0.1) is 0 Å². The van der Waals surface area contributed by atoms with Crippen molar-refractivity contribution in [2.75, 3.05) is 26.8 Å². The van der Waals surface area contributed by atoms with E-state index in [2.05, 4.69) is 29.0 Å². The zero-order valence-electron chi connectivity index (χ0n) is 13.7. The van der Waals surface area contributed by atoms with E-state index in [1.165, 1.54) is 0 Å². The van der Waals surface area contributed by atoms with Crippen molar-refractivity contribution in [1.82, 2.24) is 15.2 Å². The molecule has 1 N–H and O–H groups in total. The maximum absolute atomic E-state index is 12.5. The molecule has 1 aliphatic rings. The van der Waals surface area contributed by atoms with E-state index in [9.17, 15) is 4.79 Å². The Labute approximate surface area is 131 Å². The van der Waals surface area contributed by atoms with Gasteiger partial charge in [0.25, 0.3) is 5.91 Å². The summed E-state index contributed by atoms with van der Waals surface area (Å²) in [6.07, 6.45) is 1.62. The number of hydrogen-bond acceptors (Lipinski definition) is 5. The number of nitrogens with zero attached hydrogens (tertiary/aromatic N) is 2. The molecule has 0 aromatic carbocycles. The molecule has 6 heteroatoms. The molecule has 2 heterocycles. The third kappa shape index (κ3) is 3.75. The Morgan fingerprint density at radius 2 is 2.27 bits per heavy atom. The first-order chi connectivity index (χ1) is 10.6. The van der Waals surface area contributed by atoms with Crippen LogP contribution in [0.3, 0.4) is 0 Å². The Kier molecular flexibility index (Phi) is 5.74. The summed E-state index contributed by atoms with van der Waals surface area (Å²) in [5.74, 6) is 0.199. The molecule has 1 aromatic heterocycles. The van der Waals surface area contributed by atoms with Gasteiger partial charge >= 0.3 is 0 Å².